The zero-order valence-electron chi connectivity index (χ0n) is 45.3. The van der Waals surface area contributed by atoms with Crippen molar-refractivity contribution in [2.45, 2.75) is 294 Å². The van der Waals surface area contributed by atoms with E-state index in [2.05, 4.69) is 27.4 Å². The zero-order chi connectivity index (χ0) is 52.9. The highest BCUT2D eigenvalue weighted by molar-refractivity contribution is 5.70. The summed E-state index contributed by atoms with van der Waals surface area (Å²) >= 11 is 0. The van der Waals surface area contributed by atoms with Crippen LogP contribution in [0.25, 0.3) is 0 Å². The van der Waals surface area contributed by atoms with Gasteiger partial charge in [0.2, 0.25) is 0 Å². The van der Waals surface area contributed by atoms with E-state index < -0.39 is 85.2 Å². The van der Waals surface area contributed by atoms with Crippen LogP contribution in [0.15, 0.2) is 24.3 Å². The predicted octanol–water partition coefficient (Wildman–Crippen LogP) is 4.35. The van der Waals surface area contributed by atoms with E-state index >= 15 is 0 Å². The fourth-order valence-corrected chi connectivity index (χ4v) is 18.9. The van der Waals surface area contributed by atoms with E-state index in [1.165, 1.54) is 0 Å². The minimum Gasteiger partial charge on any atom is -0.459 e. The highest BCUT2D eigenvalue weighted by Crippen LogP contribution is 2.61. The average Bonchev–Trinajstić information content (AvgIpc) is 4.20. The summed E-state index contributed by atoms with van der Waals surface area (Å²) in [6.45, 7) is 15.6. The molecule has 0 radical (unpaired) electrons. The van der Waals surface area contributed by atoms with Crippen molar-refractivity contribution in [3.63, 3.8) is 0 Å². The Balaban J connectivity index is 0.662. The molecular weight excluding hydrogens is 1010 g/mol. The van der Waals surface area contributed by atoms with Gasteiger partial charge in [-0.15, -0.1) is 0 Å². The van der Waals surface area contributed by atoms with E-state index in [4.69, 9.17) is 77.6 Å². The van der Waals surface area contributed by atoms with Gasteiger partial charge in [-0.3, -0.25) is 4.79 Å². The van der Waals surface area contributed by atoms with E-state index in [0.717, 1.165) is 43.3 Å². The van der Waals surface area contributed by atoms with Gasteiger partial charge in [-0.05, 0) is 80.3 Å². The SMILES string of the molecule is C=C1C[C@@H]2C[C@H]3[C@@H]4C[C@H](CC[C@@H]1O2)O[C@H](C[C@@H]1O[C@H]2C[C@H]5O[C@@]6(C[C@@H]7O[C@]8(C[C@H](C)[C@@H]9C[C@H]([C@@H](O)C[C@@H](O)CO)O[C@@H]9O8)C[C@H](C)[C@@H]7O6)C[C@H]5O[C@H]2[C@H](C)[C@H]1OC(=O)C[C@H]1CC[C@@H]2O[C@H]5[C@H]6O[C@@H]7C[C@]3(O[C@H]6[C@H]2O1)O[C@H]57)C4=C. The summed E-state index contributed by atoms with van der Waals surface area (Å²) in [7, 11) is 0. The van der Waals surface area contributed by atoms with Gasteiger partial charge in [0.15, 0.2) is 23.7 Å². The van der Waals surface area contributed by atoms with Crippen molar-refractivity contribution in [1.29, 1.82) is 0 Å². The van der Waals surface area contributed by atoms with E-state index in [1.807, 2.05) is 0 Å². The molecule has 3 N–H and O–H groups in total. The molecule has 0 aromatic rings. The van der Waals surface area contributed by atoms with Crippen molar-refractivity contribution < 1.29 is 91.2 Å². The van der Waals surface area contributed by atoms with Crippen molar-refractivity contribution in [1.82, 2.24) is 0 Å². The van der Waals surface area contributed by atoms with Gasteiger partial charge in [0.1, 0.15) is 36.6 Å². The minimum atomic E-state index is -1.02. The molecular formula is C59H82O19. The number of fused-ring (bicyclic) bond motifs is 10. The Morgan fingerprint density at radius 1 is 0.551 bits per heavy atom. The van der Waals surface area contributed by atoms with Gasteiger partial charge in [-0.1, -0.05) is 33.9 Å². The molecule has 3 spiro atoms. The Kier molecular flexibility index (Phi) is 12.6. The molecule has 19 heteroatoms. The van der Waals surface area contributed by atoms with E-state index in [0.29, 0.717) is 64.2 Å². The Morgan fingerprint density at radius 2 is 1.29 bits per heavy atom. The van der Waals surface area contributed by atoms with Crippen molar-refractivity contribution in [3.05, 3.63) is 24.3 Å². The Bertz CT molecular complexity index is 2380. The van der Waals surface area contributed by atoms with Gasteiger partial charge in [-0.2, -0.15) is 0 Å². The van der Waals surface area contributed by atoms with Gasteiger partial charge < -0.3 is 86.4 Å². The van der Waals surface area contributed by atoms with Crippen LogP contribution < -0.4 is 0 Å². The van der Waals surface area contributed by atoms with Crippen molar-refractivity contribution in [2.24, 2.45) is 35.5 Å². The number of hydrogen-bond donors (Lipinski definition) is 3. The standard InChI is InChI=1S/C59H82O19/c1-24-10-32-13-35-34-12-30(6-8-37(24)65-32)64-39(27(34)4)16-42-50(72-47(63)14-31-7-9-38-51(66-31)55-54-53(68-38)52-45(70-54)22-59(35,76-52)77-55)28(5)49-43(67-42)17-41-44(69-49)20-58(73-41)21-46-48(75-58)26(3)19-57(74-46)18-25(2)33-15-40(71-56(33)78-57)36(62)11-29(61)23-60/h25-26,28-46,48-56,60-62H,1,4,6-23H2,2-3,5H3/t25-,26-,28-,29+,30-,31+,32+,33-,34+,35-,36-,37-,38-,39+,40+,41+,42-,43-,44+,45+,46-,48-,49-,50+,51-,52-,53+,54+,55-,56+,57-,58-,59+/m0/s1. The Labute approximate surface area is 456 Å². The summed E-state index contributed by atoms with van der Waals surface area (Å²) < 4.78 is 105. The molecule has 432 valence electrons. The lowest BCUT2D eigenvalue weighted by Gasteiger charge is -2.52. The normalized spacial score (nSPS) is 59.0. The maximum Gasteiger partial charge on any atom is 0.308 e. The van der Waals surface area contributed by atoms with Crippen LogP contribution in [0.4, 0.5) is 0 Å². The molecule has 0 aliphatic carbocycles. The highest BCUT2D eigenvalue weighted by Gasteiger charge is 2.72. The number of rotatable bonds is 4. The van der Waals surface area contributed by atoms with Crippen LogP contribution >= 0.6 is 0 Å². The van der Waals surface area contributed by atoms with Gasteiger partial charge in [0.25, 0.3) is 0 Å². The second-order valence-electron chi connectivity index (χ2n) is 27.5. The smallest absolute Gasteiger partial charge is 0.308 e. The summed E-state index contributed by atoms with van der Waals surface area (Å²) in [4.78, 5) is 14.5. The van der Waals surface area contributed by atoms with Crippen LogP contribution in [0.1, 0.15) is 130 Å². The second-order valence-corrected chi connectivity index (χ2v) is 27.5. The van der Waals surface area contributed by atoms with Gasteiger partial charge in [-0.25, -0.2) is 0 Å². The quantitative estimate of drug-likeness (QED) is 0.264. The molecule has 78 heavy (non-hydrogen) atoms. The van der Waals surface area contributed by atoms with Crippen LogP contribution in [-0.2, 0) is 75.8 Å². The van der Waals surface area contributed by atoms with Crippen molar-refractivity contribution in [2.75, 3.05) is 6.61 Å². The molecule has 17 rings (SSSR count). The fraction of sp³-hybridized carbons (Fsp3) is 0.915. The Morgan fingerprint density at radius 3 is 2.17 bits per heavy atom. The number of hydrogen-bond acceptors (Lipinski definition) is 19. The number of carbonyl (C=O) groups excluding carboxylic acids is 1. The number of aliphatic hydroxyl groups excluding tert-OH is 3. The first-order chi connectivity index (χ1) is 37.6. The van der Waals surface area contributed by atoms with E-state index in [1.54, 1.807) is 0 Å². The van der Waals surface area contributed by atoms with Gasteiger partial charge in [0, 0.05) is 69.1 Å². The maximum atomic E-state index is 14.5. The molecule has 0 unspecified atom stereocenters. The number of aliphatic hydroxyl groups is 3. The molecule has 17 saturated heterocycles. The summed E-state index contributed by atoms with van der Waals surface area (Å²) in [6, 6.07) is 0. The van der Waals surface area contributed by atoms with Crippen LogP contribution in [0.5, 0.6) is 0 Å². The second kappa shape index (κ2) is 18.9. The minimum absolute atomic E-state index is 0.0324. The molecule has 0 aromatic carbocycles. The summed E-state index contributed by atoms with van der Waals surface area (Å²) in [5, 5.41) is 30.4. The lowest BCUT2D eigenvalue weighted by Crippen LogP contribution is -2.63. The molecule has 17 aliphatic rings. The molecule has 0 aromatic heterocycles. The first-order valence-corrected chi connectivity index (χ1v) is 30.4. The first-order valence-electron chi connectivity index (χ1n) is 30.4. The van der Waals surface area contributed by atoms with Crippen LogP contribution in [0.3, 0.4) is 0 Å². The van der Waals surface area contributed by atoms with Crippen molar-refractivity contribution >= 4 is 5.97 Å². The monoisotopic (exact) mass is 1090 g/mol. The third-order valence-corrected chi connectivity index (χ3v) is 22.5. The number of ether oxygens (including phenoxy) is 15. The molecule has 17 fully saturated rings. The average molecular weight is 1100 g/mol. The predicted molar refractivity (Wildman–Crippen MR) is 267 cm³/mol. The first kappa shape index (κ1) is 51.9. The van der Waals surface area contributed by atoms with E-state index in [-0.39, 0.29) is 140 Å². The summed E-state index contributed by atoms with van der Waals surface area (Å²) in [5.41, 5.74) is 2.11. The van der Waals surface area contributed by atoms with Crippen molar-refractivity contribution in [3.8, 4) is 0 Å². The molecule has 33 atom stereocenters. The number of esters is 1. The summed E-state index contributed by atoms with van der Waals surface area (Å²) in [5.74, 6) is -3.22. The lowest BCUT2D eigenvalue weighted by molar-refractivity contribution is -0.379. The number of carbonyl (C=O) groups is 1. The third-order valence-electron chi connectivity index (χ3n) is 22.5. The summed E-state index contributed by atoms with van der Waals surface area (Å²) in [6.07, 6.45) is 0.821. The Hall–Kier alpha value is -1.73. The van der Waals surface area contributed by atoms with Crippen LogP contribution in [0.2, 0.25) is 0 Å². The van der Waals surface area contributed by atoms with E-state index in [9.17, 15) is 20.1 Å². The van der Waals surface area contributed by atoms with Crippen LogP contribution in [0, 0.1) is 35.5 Å². The molecule has 17 aliphatic heterocycles. The lowest BCUT2D eigenvalue weighted by atomic mass is 9.69. The topological polar surface area (TPSA) is 216 Å². The molecule has 13 bridgehead atoms. The fourth-order valence-electron chi connectivity index (χ4n) is 18.9. The largest absolute Gasteiger partial charge is 0.459 e. The molecule has 17 heterocycles. The van der Waals surface area contributed by atoms with Crippen LogP contribution in [-0.4, -0.2) is 192 Å². The molecule has 19 nitrogen and oxygen atoms in total. The maximum absolute atomic E-state index is 14.5. The molecule has 0 saturated carbocycles. The van der Waals surface area contributed by atoms with Gasteiger partial charge in [0.05, 0.1) is 117 Å². The highest BCUT2D eigenvalue weighted by atomic mass is 16.8. The van der Waals surface area contributed by atoms with Gasteiger partial charge >= 0.3 is 5.97 Å². The third kappa shape index (κ3) is 8.29. The zero-order valence-corrected chi connectivity index (χ0v) is 45.3. The molecule has 0 amide bonds.